The third-order valence-corrected chi connectivity index (χ3v) is 6.62. The Morgan fingerprint density at radius 2 is 1.86 bits per heavy atom. The maximum absolute atomic E-state index is 13.0. The van der Waals surface area contributed by atoms with Gasteiger partial charge in [0.2, 0.25) is 15.9 Å². The fourth-order valence-electron chi connectivity index (χ4n) is 3.54. The van der Waals surface area contributed by atoms with E-state index in [2.05, 4.69) is 4.72 Å². The molecule has 1 heterocycles. The van der Waals surface area contributed by atoms with Gasteiger partial charge in [-0.25, -0.2) is 13.1 Å². The Balaban J connectivity index is 1.86. The van der Waals surface area contributed by atoms with E-state index in [0.29, 0.717) is 30.0 Å². The number of ether oxygens (including phenoxy) is 2. The lowest BCUT2D eigenvalue weighted by Gasteiger charge is -2.21. The fourth-order valence-corrected chi connectivity index (χ4v) is 4.85. The Morgan fingerprint density at radius 3 is 2.45 bits per heavy atom. The molecule has 8 heteroatoms. The molecule has 0 saturated carbocycles. The molecule has 1 aliphatic heterocycles. The molecule has 1 saturated heterocycles. The number of sulfonamides is 1. The van der Waals surface area contributed by atoms with Gasteiger partial charge in [-0.05, 0) is 62.2 Å². The van der Waals surface area contributed by atoms with E-state index < -0.39 is 16.1 Å². The maximum atomic E-state index is 13.0. The van der Waals surface area contributed by atoms with Crippen molar-refractivity contribution in [2.75, 3.05) is 25.7 Å². The van der Waals surface area contributed by atoms with E-state index in [1.807, 2.05) is 6.92 Å². The van der Waals surface area contributed by atoms with Crippen molar-refractivity contribution < 1.29 is 22.7 Å². The summed E-state index contributed by atoms with van der Waals surface area (Å²) < 4.78 is 39.2. The molecule has 2 aromatic carbocycles. The van der Waals surface area contributed by atoms with Crippen molar-refractivity contribution in [3.8, 4) is 11.5 Å². The summed E-state index contributed by atoms with van der Waals surface area (Å²) in [6.45, 7) is 4.23. The van der Waals surface area contributed by atoms with Gasteiger partial charge in [0.15, 0.2) is 0 Å². The summed E-state index contributed by atoms with van der Waals surface area (Å²) in [5.74, 6) is 1.25. The van der Waals surface area contributed by atoms with E-state index in [4.69, 9.17) is 9.47 Å². The standard InChI is InChI=1S/C21H26N2O5S/c1-14-12-17(8-9-19(14)23-11-5-6-21(23)24)29(25,26)22-15(2)18-13-16(27-3)7-10-20(18)28-4/h7-10,12-13,15,22H,5-6,11H2,1-4H3/t15-/m1/s1. The highest BCUT2D eigenvalue weighted by Gasteiger charge is 2.25. The lowest BCUT2D eigenvalue weighted by molar-refractivity contribution is -0.117. The van der Waals surface area contributed by atoms with Crippen molar-refractivity contribution >= 4 is 21.6 Å². The number of carbonyl (C=O) groups excluding carboxylic acids is 1. The molecule has 2 aromatic rings. The van der Waals surface area contributed by atoms with Crippen LogP contribution in [0.25, 0.3) is 0 Å². The van der Waals surface area contributed by atoms with Gasteiger partial charge in [-0.2, -0.15) is 0 Å². The van der Waals surface area contributed by atoms with Gasteiger partial charge in [-0.15, -0.1) is 0 Å². The van der Waals surface area contributed by atoms with Crippen LogP contribution in [-0.2, 0) is 14.8 Å². The minimum atomic E-state index is -3.78. The van der Waals surface area contributed by atoms with Gasteiger partial charge in [-0.1, -0.05) is 0 Å². The smallest absolute Gasteiger partial charge is 0.241 e. The number of nitrogens with zero attached hydrogens (tertiary/aromatic N) is 1. The second-order valence-corrected chi connectivity index (χ2v) is 8.76. The summed E-state index contributed by atoms with van der Waals surface area (Å²) in [5, 5.41) is 0. The first-order chi connectivity index (χ1) is 13.8. The second-order valence-electron chi connectivity index (χ2n) is 7.05. The monoisotopic (exact) mass is 418 g/mol. The van der Waals surface area contributed by atoms with E-state index in [9.17, 15) is 13.2 Å². The van der Waals surface area contributed by atoms with E-state index in [-0.39, 0.29) is 10.8 Å². The summed E-state index contributed by atoms with van der Waals surface area (Å²) in [7, 11) is -0.691. The SMILES string of the molecule is COc1ccc(OC)c([C@@H](C)NS(=O)(=O)c2ccc(N3CCCC3=O)c(C)c2)c1. The van der Waals surface area contributed by atoms with E-state index >= 15 is 0 Å². The number of rotatable bonds is 7. The zero-order valence-corrected chi connectivity index (χ0v) is 17.9. The van der Waals surface area contributed by atoms with Crippen LogP contribution in [0.15, 0.2) is 41.3 Å². The number of carbonyl (C=O) groups is 1. The summed E-state index contributed by atoms with van der Waals surface area (Å²) in [5.41, 5.74) is 2.18. The zero-order valence-electron chi connectivity index (χ0n) is 17.1. The van der Waals surface area contributed by atoms with E-state index in [1.54, 1.807) is 49.3 Å². The molecule has 0 aliphatic carbocycles. The number of anilines is 1. The lowest BCUT2D eigenvalue weighted by atomic mass is 10.1. The van der Waals surface area contributed by atoms with Crippen molar-refractivity contribution in [1.29, 1.82) is 0 Å². The van der Waals surface area contributed by atoms with Crippen molar-refractivity contribution in [3.05, 3.63) is 47.5 Å². The van der Waals surface area contributed by atoms with Crippen LogP contribution in [0.4, 0.5) is 5.69 Å². The highest BCUT2D eigenvalue weighted by Crippen LogP contribution is 2.31. The molecular weight excluding hydrogens is 392 g/mol. The Kier molecular flexibility index (Phi) is 6.14. The summed E-state index contributed by atoms with van der Waals surface area (Å²) >= 11 is 0. The van der Waals surface area contributed by atoms with Crippen LogP contribution in [0.3, 0.4) is 0 Å². The fraction of sp³-hybridized carbons (Fsp3) is 0.381. The average Bonchev–Trinajstić information content (AvgIpc) is 3.12. The number of benzene rings is 2. The normalized spacial score (nSPS) is 15.4. The summed E-state index contributed by atoms with van der Waals surface area (Å²) in [6, 6.07) is 9.54. The van der Waals surface area contributed by atoms with Crippen LogP contribution in [0, 0.1) is 6.92 Å². The largest absolute Gasteiger partial charge is 0.497 e. The van der Waals surface area contributed by atoms with Gasteiger partial charge in [0.25, 0.3) is 0 Å². The van der Waals surface area contributed by atoms with Gasteiger partial charge >= 0.3 is 0 Å². The van der Waals surface area contributed by atoms with Crippen LogP contribution in [0.5, 0.6) is 11.5 Å². The first kappa shape index (κ1) is 21.1. The molecule has 0 bridgehead atoms. The molecule has 29 heavy (non-hydrogen) atoms. The van der Waals surface area contributed by atoms with Crippen molar-refractivity contribution in [2.24, 2.45) is 0 Å². The molecular formula is C21H26N2O5S. The molecule has 3 rings (SSSR count). The minimum absolute atomic E-state index is 0.0700. The lowest BCUT2D eigenvalue weighted by Crippen LogP contribution is -2.28. The van der Waals surface area contributed by atoms with Gasteiger partial charge < -0.3 is 14.4 Å². The highest BCUT2D eigenvalue weighted by molar-refractivity contribution is 7.89. The minimum Gasteiger partial charge on any atom is -0.497 e. The summed E-state index contributed by atoms with van der Waals surface area (Å²) in [4.78, 5) is 13.9. The summed E-state index contributed by atoms with van der Waals surface area (Å²) in [6.07, 6.45) is 1.35. The molecule has 0 radical (unpaired) electrons. The van der Waals surface area contributed by atoms with E-state index in [0.717, 1.165) is 17.7 Å². The number of nitrogens with one attached hydrogen (secondary N) is 1. The van der Waals surface area contributed by atoms with Crippen molar-refractivity contribution in [3.63, 3.8) is 0 Å². The van der Waals surface area contributed by atoms with Crippen LogP contribution in [-0.4, -0.2) is 35.1 Å². The number of hydrogen-bond acceptors (Lipinski definition) is 5. The molecule has 7 nitrogen and oxygen atoms in total. The molecule has 1 aliphatic rings. The number of methoxy groups -OCH3 is 2. The number of amides is 1. The van der Waals surface area contributed by atoms with Crippen LogP contribution < -0.4 is 19.1 Å². The molecule has 1 amide bonds. The Morgan fingerprint density at radius 1 is 1.10 bits per heavy atom. The Hall–Kier alpha value is -2.58. The third kappa shape index (κ3) is 4.38. The van der Waals surface area contributed by atoms with Crippen molar-refractivity contribution in [2.45, 2.75) is 37.6 Å². The second kappa shape index (κ2) is 8.42. The van der Waals surface area contributed by atoms with Crippen LogP contribution >= 0.6 is 0 Å². The van der Waals surface area contributed by atoms with E-state index in [1.165, 1.54) is 13.2 Å². The number of hydrogen-bond donors (Lipinski definition) is 1. The van der Waals surface area contributed by atoms with Gasteiger partial charge in [0.05, 0.1) is 19.1 Å². The molecule has 156 valence electrons. The Bertz CT molecular complexity index is 1020. The van der Waals surface area contributed by atoms with Crippen LogP contribution in [0.2, 0.25) is 0 Å². The first-order valence-electron chi connectivity index (χ1n) is 9.42. The van der Waals surface area contributed by atoms with Gasteiger partial charge in [0, 0.05) is 30.3 Å². The first-order valence-corrected chi connectivity index (χ1v) is 10.9. The zero-order chi connectivity index (χ0) is 21.2. The maximum Gasteiger partial charge on any atom is 0.241 e. The number of aryl methyl sites for hydroxylation is 1. The topological polar surface area (TPSA) is 84.9 Å². The van der Waals surface area contributed by atoms with Crippen LogP contribution in [0.1, 0.15) is 36.9 Å². The van der Waals surface area contributed by atoms with Gasteiger partial charge in [-0.3, -0.25) is 4.79 Å². The Labute approximate surface area is 171 Å². The molecule has 1 fully saturated rings. The molecule has 1 N–H and O–H groups in total. The predicted octanol–water partition coefficient (Wildman–Crippen LogP) is 3.18. The molecule has 0 aromatic heterocycles. The third-order valence-electron chi connectivity index (χ3n) is 5.08. The molecule has 0 spiro atoms. The molecule has 1 atom stereocenters. The predicted molar refractivity (Wildman–Crippen MR) is 111 cm³/mol. The quantitative estimate of drug-likeness (QED) is 0.747. The molecule has 0 unspecified atom stereocenters. The van der Waals surface area contributed by atoms with Gasteiger partial charge in [0.1, 0.15) is 11.5 Å². The highest BCUT2D eigenvalue weighted by atomic mass is 32.2. The average molecular weight is 419 g/mol. The van der Waals surface area contributed by atoms with Crippen molar-refractivity contribution in [1.82, 2.24) is 4.72 Å².